The molecule has 29 heavy (non-hydrogen) atoms. The summed E-state index contributed by atoms with van der Waals surface area (Å²) in [4.78, 5) is 26.4. The molecule has 0 fully saturated rings. The number of benzene rings is 2. The van der Waals surface area contributed by atoms with Gasteiger partial charge in [0, 0.05) is 13.0 Å². The minimum absolute atomic E-state index is 0.0395. The van der Waals surface area contributed by atoms with E-state index >= 15 is 0 Å². The summed E-state index contributed by atoms with van der Waals surface area (Å²) < 4.78 is 5.25. The van der Waals surface area contributed by atoms with E-state index in [1.807, 2.05) is 43.3 Å². The smallest absolute Gasteiger partial charge is 0.338 e. The van der Waals surface area contributed by atoms with Gasteiger partial charge in [0.25, 0.3) is 0 Å². The van der Waals surface area contributed by atoms with Gasteiger partial charge in [-0.2, -0.15) is 0 Å². The summed E-state index contributed by atoms with van der Waals surface area (Å²) in [6.45, 7) is 9.66. The molecule has 2 aromatic carbocycles. The summed E-state index contributed by atoms with van der Waals surface area (Å²) in [6, 6.07) is 15.7. The van der Waals surface area contributed by atoms with Gasteiger partial charge in [0.1, 0.15) is 6.61 Å². The summed E-state index contributed by atoms with van der Waals surface area (Å²) in [5.74, 6) is -0.407. The van der Waals surface area contributed by atoms with Crippen LogP contribution in [-0.4, -0.2) is 43.0 Å². The summed E-state index contributed by atoms with van der Waals surface area (Å²) in [5.41, 5.74) is 4.05. The van der Waals surface area contributed by atoms with Crippen LogP contribution in [0.3, 0.4) is 0 Å². The molecule has 0 spiro atoms. The average molecular weight is 397 g/mol. The zero-order chi connectivity index (χ0) is 21.1. The zero-order valence-corrected chi connectivity index (χ0v) is 17.7. The number of hydrogen-bond acceptors (Lipinski definition) is 4. The zero-order valence-electron chi connectivity index (χ0n) is 17.7. The Balaban J connectivity index is 1.65. The van der Waals surface area contributed by atoms with Crippen molar-refractivity contribution in [2.45, 2.75) is 40.2 Å². The van der Waals surface area contributed by atoms with Crippen molar-refractivity contribution in [3.63, 3.8) is 0 Å². The molecule has 0 saturated carbocycles. The third kappa shape index (κ3) is 8.08. The minimum atomic E-state index is -0.367. The molecule has 2 aromatic rings. The topological polar surface area (TPSA) is 58.6 Å². The summed E-state index contributed by atoms with van der Waals surface area (Å²) >= 11 is 0. The van der Waals surface area contributed by atoms with Crippen molar-refractivity contribution < 1.29 is 14.3 Å². The molecule has 2 rings (SSSR count). The fraction of sp³-hybridized carbons (Fsp3) is 0.417. The van der Waals surface area contributed by atoms with Crippen LogP contribution in [0.2, 0.25) is 0 Å². The number of carbonyl (C=O) groups excluding carboxylic acids is 2. The first-order valence-electron chi connectivity index (χ1n) is 10.3. The van der Waals surface area contributed by atoms with Gasteiger partial charge >= 0.3 is 5.97 Å². The second-order valence-electron chi connectivity index (χ2n) is 7.13. The highest BCUT2D eigenvalue weighted by Crippen LogP contribution is 2.09. The van der Waals surface area contributed by atoms with Gasteiger partial charge in [-0.15, -0.1) is 0 Å². The molecule has 0 atom stereocenters. The van der Waals surface area contributed by atoms with Gasteiger partial charge in [0.05, 0.1) is 12.1 Å². The first kappa shape index (κ1) is 22.6. The lowest BCUT2D eigenvalue weighted by Gasteiger charge is -2.17. The summed E-state index contributed by atoms with van der Waals surface area (Å²) in [5, 5.41) is 2.79. The molecule has 0 unspecified atom stereocenters. The maximum atomic E-state index is 12.1. The average Bonchev–Trinajstić information content (AvgIpc) is 2.75. The minimum Gasteiger partial charge on any atom is -0.460 e. The Morgan fingerprint density at radius 2 is 1.55 bits per heavy atom. The van der Waals surface area contributed by atoms with E-state index in [0.29, 0.717) is 24.9 Å². The molecule has 0 aromatic heterocycles. The van der Waals surface area contributed by atoms with Crippen molar-refractivity contribution in [1.29, 1.82) is 0 Å². The Morgan fingerprint density at radius 1 is 0.931 bits per heavy atom. The van der Waals surface area contributed by atoms with Gasteiger partial charge < -0.3 is 10.1 Å². The largest absolute Gasteiger partial charge is 0.460 e. The molecule has 5 nitrogen and oxygen atoms in total. The summed E-state index contributed by atoms with van der Waals surface area (Å²) in [6.07, 6.45) is 1.12. The molecule has 1 N–H and O–H groups in total. The van der Waals surface area contributed by atoms with Crippen molar-refractivity contribution in [2.24, 2.45) is 0 Å². The molecule has 0 aliphatic heterocycles. The van der Waals surface area contributed by atoms with Crippen LogP contribution in [0.4, 0.5) is 0 Å². The molecule has 0 saturated heterocycles. The normalized spacial score (nSPS) is 10.8. The fourth-order valence-corrected chi connectivity index (χ4v) is 2.97. The van der Waals surface area contributed by atoms with Crippen molar-refractivity contribution in [3.05, 3.63) is 70.8 Å². The third-order valence-corrected chi connectivity index (χ3v) is 4.91. The Hall–Kier alpha value is -2.66. The van der Waals surface area contributed by atoms with Crippen LogP contribution in [0.15, 0.2) is 48.5 Å². The highest BCUT2D eigenvalue weighted by molar-refractivity contribution is 5.89. The van der Waals surface area contributed by atoms with Crippen LogP contribution in [0.25, 0.3) is 0 Å². The Bertz CT molecular complexity index is 766. The molecule has 0 aliphatic rings. The van der Waals surface area contributed by atoms with Crippen LogP contribution in [-0.2, 0) is 22.5 Å². The second kappa shape index (κ2) is 12.0. The molecule has 5 heteroatoms. The van der Waals surface area contributed by atoms with Gasteiger partial charge in [-0.3, -0.25) is 9.69 Å². The lowest BCUT2D eigenvalue weighted by atomic mass is 10.1. The van der Waals surface area contributed by atoms with Crippen LogP contribution in [0, 0.1) is 6.92 Å². The molecular weight excluding hydrogens is 364 g/mol. The highest BCUT2D eigenvalue weighted by atomic mass is 16.5. The van der Waals surface area contributed by atoms with E-state index in [0.717, 1.165) is 25.2 Å². The number of nitrogens with one attached hydrogen (secondary N) is 1. The van der Waals surface area contributed by atoms with E-state index < -0.39 is 0 Å². The first-order valence-corrected chi connectivity index (χ1v) is 10.3. The van der Waals surface area contributed by atoms with Crippen LogP contribution in [0.1, 0.15) is 47.3 Å². The van der Waals surface area contributed by atoms with E-state index in [1.165, 1.54) is 11.1 Å². The van der Waals surface area contributed by atoms with Gasteiger partial charge in [-0.05, 0) is 49.7 Å². The number of amides is 1. The number of esters is 1. The molecule has 0 radical (unpaired) electrons. The molecule has 156 valence electrons. The number of ether oxygens (including phenoxy) is 1. The first-order chi connectivity index (χ1) is 14.0. The highest BCUT2D eigenvalue weighted by Gasteiger charge is 2.08. The van der Waals surface area contributed by atoms with Crippen molar-refractivity contribution in [3.8, 4) is 0 Å². The Labute approximate surface area is 174 Å². The molecule has 0 heterocycles. The number of rotatable bonds is 11. The lowest BCUT2D eigenvalue weighted by Crippen LogP contribution is -2.28. The van der Waals surface area contributed by atoms with Crippen LogP contribution < -0.4 is 5.32 Å². The lowest BCUT2D eigenvalue weighted by molar-refractivity contribution is -0.121. The number of nitrogens with zero attached hydrogens (tertiary/aromatic N) is 1. The van der Waals surface area contributed by atoms with E-state index in [1.54, 1.807) is 12.1 Å². The van der Waals surface area contributed by atoms with Gasteiger partial charge in [0.2, 0.25) is 5.91 Å². The number of carbonyl (C=O) groups is 2. The van der Waals surface area contributed by atoms with Gasteiger partial charge in [0.15, 0.2) is 0 Å². The standard InChI is InChI=1S/C24H32N2O3/c1-4-26(5-2)18-21-10-13-22(14-11-21)24(28)29-17-16-25-23(27)15-12-20-8-6-19(3)7-9-20/h6-11,13-14H,4-5,12,15-18H2,1-3H3,(H,25,27). The quantitative estimate of drug-likeness (QED) is 0.464. The van der Waals surface area contributed by atoms with Crippen molar-refractivity contribution >= 4 is 11.9 Å². The Kier molecular flexibility index (Phi) is 9.38. The molecule has 0 bridgehead atoms. The van der Waals surface area contributed by atoms with Gasteiger partial charge in [-0.1, -0.05) is 55.8 Å². The van der Waals surface area contributed by atoms with E-state index in [9.17, 15) is 9.59 Å². The monoisotopic (exact) mass is 396 g/mol. The van der Waals surface area contributed by atoms with Crippen molar-refractivity contribution in [2.75, 3.05) is 26.2 Å². The predicted octanol–water partition coefficient (Wildman–Crippen LogP) is 3.74. The van der Waals surface area contributed by atoms with E-state index in [2.05, 4.69) is 24.1 Å². The maximum Gasteiger partial charge on any atom is 0.338 e. The second-order valence-corrected chi connectivity index (χ2v) is 7.13. The summed E-state index contributed by atoms with van der Waals surface area (Å²) in [7, 11) is 0. The number of aryl methyl sites for hydroxylation is 2. The molecule has 1 amide bonds. The van der Waals surface area contributed by atoms with E-state index in [-0.39, 0.29) is 18.5 Å². The molecular formula is C24H32N2O3. The van der Waals surface area contributed by atoms with Crippen molar-refractivity contribution in [1.82, 2.24) is 10.2 Å². The van der Waals surface area contributed by atoms with Crippen LogP contribution >= 0.6 is 0 Å². The third-order valence-electron chi connectivity index (χ3n) is 4.91. The predicted molar refractivity (Wildman–Crippen MR) is 116 cm³/mol. The number of hydrogen-bond donors (Lipinski definition) is 1. The molecule has 0 aliphatic carbocycles. The SMILES string of the molecule is CCN(CC)Cc1ccc(C(=O)OCCNC(=O)CCc2ccc(C)cc2)cc1. The fourth-order valence-electron chi connectivity index (χ4n) is 2.97. The van der Waals surface area contributed by atoms with Gasteiger partial charge in [-0.25, -0.2) is 4.79 Å². The van der Waals surface area contributed by atoms with E-state index in [4.69, 9.17) is 4.74 Å². The van der Waals surface area contributed by atoms with Crippen LogP contribution in [0.5, 0.6) is 0 Å². The Morgan fingerprint density at radius 3 is 2.17 bits per heavy atom. The maximum absolute atomic E-state index is 12.1.